The first-order chi connectivity index (χ1) is 10.6. The Morgan fingerprint density at radius 2 is 2.23 bits per heavy atom. The van der Waals surface area contributed by atoms with Gasteiger partial charge in [-0.25, -0.2) is 0 Å². The van der Waals surface area contributed by atoms with Gasteiger partial charge in [-0.1, -0.05) is 28.1 Å². The van der Waals surface area contributed by atoms with Gasteiger partial charge in [0.1, 0.15) is 0 Å². The molecule has 22 heavy (non-hydrogen) atoms. The van der Waals surface area contributed by atoms with E-state index in [-0.39, 0.29) is 23.2 Å². The van der Waals surface area contributed by atoms with E-state index in [0.717, 1.165) is 11.1 Å². The van der Waals surface area contributed by atoms with Gasteiger partial charge in [-0.15, -0.1) is 11.8 Å². The van der Waals surface area contributed by atoms with Gasteiger partial charge in [0.05, 0.1) is 11.4 Å². The van der Waals surface area contributed by atoms with Crippen LogP contribution in [0.2, 0.25) is 0 Å². The minimum Gasteiger partial charge on any atom is -0.295 e. The van der Waals surface area contributed by atoms with Crippen LogP contribution >= 0.6 is 40.3 Å². The minimum atomic E-state index is -0.276. The lowest BCUT2D eigenvalue weighted by molar-refractivity contribution is -0.137. The summed E-state index contributed by atoms with van der Waals surface area (Å²) in [6.07, 6.45) is 0.967. The van der Waals surface area contributed by atoms with E-state index in [9.17, 15) is 9.59 Å². The second-order valence-electron chi connectivity index (χ2n) is 5.37. The van der Waals surface area contributed by atoms with Crippen molar-refractivity contribution >= 4 is 52.1 Å². The van der Waals surface area contributed by atoms with Gasteiger partial charge in [-0.3, -0.25) is 19.8 Å². The standard InChI is InChI=1S/C15H17BrN2O2S2/c16-6-7-22-12-3-1-2-9-10(12)8-18(15(9)21)11-4-5-13(19)17-14(11)20/h1-3,11,15,21H,4-8H2,(H,17,19,20). The number of halogens is 1. The molecule has 2 atom stereocenters. The molecule has 0 spiro atoms. The van der Waals surface area contributed by atoms with E-state index in [0.29, 0.717) is 19.4 Å². The van der Waals surface area contributed by atoms with Gasteiger partial charge in [0.15, 0.2) is 0 Å². The predicted molar refractivity (Wildman–Crippen MR) is 94.4 cm³/mol. The number of nitrogens with zero attached hydrogens (tertiary/aromatic N) is 1. The molecule has 2 heterocycles. The molecule has 1 fully saturated rings. The number of amides is 2. The summed E-state index contributed by atoms with van der Waals surface area (Å²) in [7, 11) is 0. The number of hydrogen-bond donors (Lipinski definition) is 2. The average molecular weight is 401 g/mol. The number of carbonyl (C=O) groups is 2. The molecule has 1 N–H and O–H groups in total. The second kappa shape index (κ2) is 6.95. The Morgan fingerprint density at radius 1 is 1.41 bits per heavy atom. The van der Waals surface area contributed by atoms with E-state index in [1.807, 2.05) is 17.8 Å². The number of thiol groups is 1. The first-order valence-corrected chi connectivity index (χ1v) is 9.82. The molecule has 0 radical (unpaired) electrons. The van der Waals surface area contributed by atoms with Crippen molar-refractivity contribution in [2.75, 3.05) is 11.1 Å². The molecule has 0 aliphatic carbocycles. The highest BCUT2D eigenvalue weighted by Gasteiger charge is 2.39. The van der Waals surface area contributed by atoms with Crippen LogP contribution in [0.5, 0.6) is 0 Å². The maximum atomic E-state index is 12.1. The second-order valence-corrected chi connectivity index (χ2v) is 7.79. The van der Waals surface area contributed by atoms with Crippen molar-refractivity contribution < 1.29 is 9.59 Å². The summed E-state index contributed by atoms with van der Waals surface area (Å²) in [6, 6.07) is 5.98. The highest BCUT2D eigenvalue weighted by atomic mass is 79.9. The number of alkyl halides is 1. The van der Waals surface area contributed by atoms with Crippen LogP contribution in [0, 0.1) is 0 Å². The van der Waals surface area contributed by atoms with Gasteiger partial charge in [0, 0.05) is 28.9 Å². The lowest BCUT2D eigenvalue weighted by atomic mass is 10.0. The quantitative estimate of drug-likeness (QED) is 0.353. The Kier molecular flexibility index (Phi) is 5.17. The highest BCUT2D eigenvalue weighted by Crippen LogP contribution is 2.42. The van der Waals surface area contributed by atoms with Gasteiger partial charge in [0.25, 0.3) is 0 Å². The first kappa shape index (κ1) is 16.4. The minimum absolute atomic E-state index is 0.0940. The molecule has 2 unspecified atom stereocenters. The molecule has 2 amide bonds. The van der Waals surface area contributed by atoms with Crippen LogP contribution in [0.25, 0.3) is 0 Å². The molecule has 3 rings (SSSR count). The van der Waals surface area contributed by atoms with Crippen LogP contribution < -0.4 is 5.32 Å². The van der Waals surface area contributed by atoms with E-state index in [4.69, 9.17) is 12.6 Å². The third-order valence-electron chi connectivity index (χ3n) is 4.05. The van der Waals surface area contributed by atoms with Gasteiger partial charge in [0.2, 0.25) is 11.8 Å². The van der Waals surface area contributed by atoms with Gasteiger partial charge in [-0.2, -0.15) is 12.6 Å². The van der Waals surface area contributed by atoms with Gasteiger partial charge >= 0.3 is 0 Å². The fourth-order valence-electron chi connectivity index (χ4n) is 3.00. The van der Waals surface area contributed by atoms with E-state index < -0.39 is 0 Å². The molecular weight excluding hydrogens is 384 g/mol. The predicted octanol–water partition coefficient (Wildman–Crippen LogP) is 2.72. The van der Waals surface area contributed by atoms with Crippen molar-refractivity contribution in [2.45, 2.75) is 35.7 Å². The molecule has 0 aromatic heterocycles. The van der Waals surface area contributed by atoms with Crippen molar-refractivity contribution in [1.82, 2.24) is 10.2 Å². The Morgan fingerprint density at radius 3 is 2.95 bits per heavy atom. The Balaban J connectivity index is 1.83. The van der Waals surface area contributed by atoms with Crippen LogP contribution in [-0.4, -0.2) is 33.8 Å². The van der Waals surface area contributed by atoms with Crippen molar-refractivity contribution in [3.8, 4) is 0 Å². The fraction of sp³-hybridized carbons (Fsp3) is 0.467. The van der Waals surface area contributed by atoms with Gasteiger partial charge in [-0.05, 0) is 23.6 Å². The number of nitrogens with one attached hydrogen (secondary N) is 1. The molecule has 4 nitrogen and oxygen atoms in total. The summed E-state index contributed by atoms with van der Waals surface area (Å²) < 4.78 is 0. The maximum absolute atomic E-state index is 12.1. The van der Waals surface area contributed by atoms with Crippen molar-refractivity contribution in [2.24, 2.45) is 0 Å². The average Bonchev–Trinajstić information content (AvgIpc) is 2.83. The summed E-state index contributed by atoms with van der Waals surface area (Å²) in [5.41, 5.74) is 2.44. The number of rotatable bonds is 4. The van der Waals surface area contributed by atoms with E-state index >= 15 is 0 Å². The van der Waals surface area contributed by atoms with Crippen molar-refractivity contribution in [3.63, 3.8) is 0 Å². The third kappa shape index (κ3) is 3.09. The molecule has 2 aliphatic heterocycles. The molecular formula is C15H17BrN2O2S2. The Bertz CT molecular complexity index is 611. The molecule has 1 saturated heterocycles. The zero-order valence-corrected chi connectivity index (χ0v) is 15.2. The van der Waals surface area contributed by atoms with E-state index in [1.54, 1.807) is 0 Å². The first-order valence-electron chi connectivity index (χ1n) is 7.20. The largest absolute Gasteiger partial charge is 0.295 e. The molecule has 0 saturated carbocycles. The lowest BCUT2D eigenvalue weighted by Gasteiger charge is -2.32. The molecule has 1 aromatic carbocycles. The molecule has 2 aliphatic rings. The van der Waals surface area contributed by atoms with Crippen LogP contribution in [-0.2, 0) is 16.1 Å². The van der Waals surface area contributed by atoms with Crippen LogP contribution in [0.4, 0.5) is 0 Å². The Hall–Kier alpha value is -0.500. The zero-order valence-electron chi connectivity index (χ0n) is 11.9. The number of benzene rings is 1. The normalized spacial score (nSPS) is 25.2. The van der Waals surface area contributed by atoms with Crippen LogP contribution in [0.1, 0.15) is 29.3 Å². The monoisotopic (exact) mass is 400 g/mol. The smallest absolute Gasteiger partial charge is 0.243 e. The lowest BCUT2D eigenvalue weighted by Crippen LogP contribution is -2.51. The van der Waals surface area contributed by atoms with Crippen molar-refractivity contribution in [3.05, 3.63) is 29.3 Å². The summed E-state index contributed by atoms with van der Waals surface area (Å²) in [4.78, 5) is 26.8. The number of carbonyl (C=O) groups excluding carboxylic acids is 2. The number of hydrogen-bond acceptors (Lipinski definition) is 5. The molecule has 7 heteroatoms. The SMILES string of the molecule is O=C1CCC(N2Cc3c(SCCBr)cccc3C2S)C(=O)N1. The fourth-order valence-corrected chi connectivity index (χ4v) is 4.80. The topological polar surface area (TPSA) is 49.4 Å². The summed E-state index contributed by atoms with van der Waals surface area (Å²) in [6.45, 7) is 0.710. The summed E-state index contributed by atoms with van der Waals surface area (Å²) in [5.74, 6) is 0.631. The van der Waals surface area contributed by atoms with Crippen molar-refractivity contribution in [1.29, 1.82) is 0 Å². The molecule has 0 bridgehead atoms. The van der Waals surface area contributed by atoms with Gasteiger partial charge < -0.3 is 0 Å². The summed E-state index contributed by atoms with van der Waals surface area (Å²) >= 11 is 9.99. The zero-order chi connectivity index (χ0) is 15.7. The number of fused-ring (bicyclic) bond motifs is 1. The molecule has 1 aromatic rings. The van der Waals surface area contributed by atoms with E-state index in [2.05, 4.69) is 38.3 Å². The number of thioether (sulfide) groups is 1. The van der Waals surface area contributed by atoms with Crippen LogP contribution in [0.15, 0.2) is 23.1 Å². The van der Waals surface area contributed by atoms with E-state index in [1.165, 1.54) is 16.0 Å². The van der Waals surface area contributed by atoms with Crippen LogP contribution in [0.3, 0.4) is 0 Å². The number of piperidine rings is 1. The third-order valence-corrected chi connectivity index (χ3v) is 6.65. The molecule has 118 valence electrons. The number of imide groups is 1. The Labute approximate surface area is 147 Å². The maximum Gasteiger partial charge on any atom is 0.243 e. The summed E-state index contributed by atoms with van der Waals surface area (Å²) in [5, 5.41) is 3.29. The highest BCUT2D eigenvalue weighted by molar-refractivity contribution is 9.09.